The fourth-order valence-electron chi connectivity index (χ4n) is 3.88. The van der Waals surface area contributed by atoms with Gasteiger partial charge in [-0.15, -0.1) is 0 Å². The Balaban J connectivity index is 1.44. The van der Waals surface area contributed by atoms with Gasteiger partial charge in [-0.05, 0) is 11.1 Å². The van der Waals surface area contributed by atoms with Gasteiger partial charge in [0.15, 0.2) is 5.82 Å². The summed E-state index contributed by atoms with van der Waals surface area (Å²) in [7, 11) is 0. The zero-order valence-electron chi connectivity index (χ0n) is 17.6. The molecule has 1 aromatic heterocycles. The van der Waals surface area contributed by atoms with Crippen molar-refractivity contribution < 1.29 is 4.52 Å². The van der Waals surface area contributed by atoms with E-state index in [0.717, 1.165) is 38.5 Å². The number of piperazine rings is 1. The average Bonchev–Trinajstić information content (AvgIpc) is 3.20. The Bertz CT molecular complexity index is 854. The van der Waals surface area contributed by atoms with Crippen molar-refractivity contribution in [2.24, 2.45) is 0 Å². The first-order valence-electron chi connectivity index (χ1n) is 10.4. The molecule has 1 saturated heterocycles. The van der Waals surface area contributed by atoms with Crippen molar-refractivity contribution in [2.75, 3.05) is 26.2 Å². The Labute approximate surface area is 173 Å². The molecule has 2 heterocycles. The maximum atomic E-state index is 5.49. The lowest BCUT2D eigenvalue weighted by molar-refractivity contribution is 0.0966. The highest BCUT2D eigenvalue weighted by Gasteiger charge is 2.27. The Kier molecular flexibility index (Phi) is 5.79. The Morgan fingerprint density at radius 2 is 1.41 bits per heavy atom. The van der Waals surface area contributed by atoms with Crippen LogP contribution in [0.1, 0.15) is 49.7 Å². The first-order chi connectivity index (χ1) is 14.0. The second-order valence-corrected chi connectivity index (χ2v) is 8.80. The van der Waals surface area contributed by atoms with E-state index in [9.17, 15) is 0 Å². The van der Waals surface area contributed by atoms with Crippen LogP contribution in [0.4, 0.5) is 0 Å². The number of hydrogen-bond donors (Lipinski definition) is 0. The Morgan fingerprint density at radius 1 is 0.862 bits per heavy atom. The lowest BCUT2D eigenvalue weighted by Gasteiger charge is -2.39. The minimum Gasteiger partial charge on any atom is -0.338 e. The van der Waals surface area contributed by atoms with Crippen molar-refractivity contribution in [2.45, 2.75) is 38.8 Å². The van der Waals surface area contributed by atoms with Gasteiger partial charge in [0, 0.05) is 31.6 Å². The van der Waals surface area contributed by atoms with Crippen molar-refractivity contribution in [3.05, 3.63) is 83.5 Å². The second kappa shape index (κ2) is 8.47. The van der Waals surface area contributed by atoms with E-state index in [1.54, 1.807) is 0 Å². The molecule has 5 heteroatoms. The molecule has 0 amide bonds. The van der Waals surface area contributed by atoms with E-state index in [2.05, 4.69) is 101 Å². The number of rotatable bonds is 5. The van der Waals surface area contributed by atoms with Crippen molar-refractivity contribution in [1.82, 2.24) is 19.9 Å². The molecule has 0 unspecified atom stereocenters. The zero-order valence-corrected chi connectivity index (χ0v) is 17.6. The summed E-state index contributed by atoms with van der Waals surface area (Å²) in [6, 6.07) is 21.9. The van der Waals surface area contributed by atoms with Crippen LogP contribution in [0.15, 0.2) is 65.2 Å². The smallest absolute Gasteiger partial charge is 0.240 e. The van der Waals surface area contributed by atoms with Gasteiger partial charge in [-0.3, -0.25) is 9.80 Å². The van der Waals surface area contributed by atoms with E-state index in [1.165, 1.54) is 11.1 Å². The quantitative estimate of drug-likeness (QED) is 0.651. The molecule has 0 radical (unpaired) electrons. The van der Waals surface area contributed by atoms with Crippen LogP contribution in [-0.4, -0.2) is 46.1 Å². The fourth-order valence-corrected chi connectivity index (χ4v) is 3.88. The molecule has 0 atom stereocenters. The summed E-state index contributed by atoms with van der Waals surface area (Å²) in [6.45, 7) is 11.0. The van der Waals surface area contributed by atoms with Crippen LogP contribution in [0.25, 0.3) is 0 Å². The van der Waals surface area contributed by atoms with Crippen LogP contribution in [-0.2, 0) is 12.0 Å². The van der Waals surface area contributed by atoms with Crippen molar-refractivity contribution in [1.29, 1.82) is 0 Å². The van der Waals surface area contributed by atoms with Crippen LogP contribution in [0.2, 0.25) is 0 Å². The molecule has 0 spiro atoms. The number of hydrogen-bond acceptors (Lipinski definition) is 5. The number of aromatic nitrogens is 2. The summed E-state index contributed by atoms with van der Waals surface area (Å²) >= 11 is 0. The highest BCUT2D eigenvalue weighted by molar-refractivity contribution is 5.31. The molecule has 0 bridgehead atoms. The summed E-state index contributed by atoms with van der Waals surface area (Å²) in [4.78, 5) is 9.58. The van der Waals surface area contributed by atoms with Crippen LogP contribution < -0.4 is 0 Å². The molecule has 0 N–H and O–H groups in total. The van der Waals surface area contributed by atoms with E-state index >= 15 is 0 Å². The van der Waals surface area contributed by atoms with Crippen molar-refractivity contribution >= 4 is 0 Å². The maximum Gasteiger partial charge on any atom is 0.240 e. The molecule has 1 fully saturated rings. The lowest BCUT2D eigenvalue weighted by Crippen LogP contribution is -2.47. The molecule has 1 aliphatic heterocycles. The summed E-state index contributed by atoms with van der Waals surface area (Å²) < 4.78 is 5.49. The van der Waals surface area contributed by atoms with Gasteiger partial charge in [0.25, 0.3) is 0 Å². The molecular weight excluding hydrogens is 360 g/mol. The standard InChI is InChI=1S/C24H30N4O/c1-24(2,3)23-25-21(29-26-23)18-27-14-16-28(17-15-27)22(19-10-6-4-7-11-19)20-12-8-5-9-13-20/h4-13,22H,14-18H2,1-3H3. The van der Waals surface area contributed by atoms with Gasteiger partial charge in [0.2, 0.25) is 5.89 Å². The normalized spacial score (nSPS) is 16.4. The third kappa shape index (κ3) is 4.74. The topological polar surface area (TPSA) is 45.4 Å². The van der Waals surface area contributed by atoms with E-state index in [0.29, 0.717) is 5.89 Å². The van der Waals surface area contributed by atoms with Crippen molar-refractivity contribution in [3.63, 3.8) is 0 Å². The monoisotopic (exact) mass is 390 g/mol. The minimum absolute atomic E-state index is 0.0843. The molecule has 0 aliphatic carbocycles. The molecule has 3 aromatic rings. The first-order valence-corrected chi connectivity index (χ1v) is 10.4. The molecule has 5 nitrogen and oxygen atoms in total. The summed E-state index contributed by atoms with van der Waals surface area (Å²) in [5, 5.41) is 4.15. The molecular formula is C24H30N4O. The highest BCUT2D eigenvalue weighted by atomic mass is 16.5. The highest BCUT2D eigenvalue weighted by Crippen LogP contribution is 2.29. The van der Waals surface area contributed by atoms with Gasteiger partial charge in [-0.1, -0.05) is 86.6 Å². The SMILES string of the molecule is CC(C)(C)c1noc(CN2CCN(C(c3ccccc3)c3ccccc3)CC2)n1. The van der Waals surface area contributed by atoms with Crippen molar-refractivity contribution in [3.8, 4) is 0 Å². The number of benzene rings is 2. The predicted octanol–water partition coefficient (Wildman–Crippen LogP) is 4.27. The van der Waals surface area contributed by atoms with E-state index in [4.69, 9.17) is 4.52 Å². The minimum atomic E-state index is -0.0843. The zero-order chi connectivity index (χ0) is 20.3. The van der Waals surface area contributed by atoms with Crippen LogP contribution in [0.3, 0.4) is 0 Å². The van der Waals surface area contributed by atoms with E-state index in [1.807, 2.05) is 0 Å². The maximum absolute atomic E-state index is 5.49. The molecule has 29 heavy (non-hydrogen) atoms. The summed E-state index contributed by atoms with van der Waals surface area (Å²) in [5.41, 5.74) is 2.61. The lowest BCUT2D eigenvalue weighted by atomic mass is 9.96. The number of nitrogens with zero attached hydrogens (tertiary/aromatic N) is 4. The Hall–Kier alpha value is -2.50. The summed E-state index contributed by atoms with van der Waals surface area (Å²) in [6.07, 6.45) is 0. The van der Waals surface area contributed by atoms with Crippen LogP contribution >= 0.6 is 0 Å². The van der Waals surface area contributed by atoms with Gasteiger partial charge in [0.05, 0.1) is 12.6 Å². The third-order valence-corrected chi connectivity index (χ3v) is 5.50. The largest absolute Gasteiger partial charge is 0.338 e. The third-order valence-electron chi connectivity index (χ3n) is 5.50. The second-order valence-electron chi connectivity index (χ2n) is 8.80. The fraction of sp³-hybridized carbons (Fsp3) is 0.417. The van der Waals surface area contributed by atoms with Gasteiger partial charge in [-0.2, -0.15) is 4.98 Å². The molecule has 4 rings (SSSR count). The van der Waals surface area contributed by atoms with Crippen LogP contribution in [0.5, 0.6) is 0 Å². The Morgan fingerprint density at radius 3 is 1.90 bits per heavy atom. The van der Waals surface area contributed by atoms with E-state index in [-0.39, 0.29) is 11.5 Å². The van der Waals surface area contributed by atoms with Crippen LogP contribution in [0, 0.1) is 0 Å². The van der Waals surface area contributed by atoms with Gasteiger partial charge >= 0.3 is 0 Å². The molecule has 1 aliphatic rings. The first kappa shape index (κ1) is 19.8. The van der Waals surface area contributed by atoms with Gasteiger partial charge in [-0.25, -0.2) is 0 Å². The predicted molar refractivity (Wildman–Crippen MR) is 115 cm³/mol. The van der Waals surface area contributed by atoms with E-state index < -0.39 is 0 Å². The van der Waals surface area contributed by atoms with Gasteiger partial charge in [0.1, 0.15) is 0 Å². The van der Waals surface area contributed by atoms with Gasteiger partial charge < -0.3 is 4.52 Å². The molecule has 2 aromatic carbocycles. The summed E-state index contributed by atoms with van der Waals surface area (Å²) in [5.74, 6) is 1.49. The average molecular weight is 391 g/mol. The molecule has 152 valence electrons. The molecule has 0 saturated carbocycles.